The predicted molar refractivity (Wildman–Crippen MR) is 71.4 cm³/mol. The summed E-state index contributed by atoms with van der Waals surface area (Å²) in [7, 11) is -0.403. The molecule has 0 saturated carbocycles. The minimum Gasteiger partial charge on any atom is -0.493 e. The fourth-order valence-electron chi connectivity index (χ4n) is 2.25. The van der Waals surface area contributed by atoms with Gasteiger partial charge in [-0.05, 0) is 44.8 Å². The quantitative estimate of drug-likeness (QED) is 0.709. The molecule has 2 aliphatic rings. The van der Waals surface area contributed by atoms with Crippen molar-refractivity contribution in [3.05, 3.63) is 23.7 Å². The fraction of sp³-hybridized carbons (Fsp3) is 0.571. The Morgan fingerprint density at radius 2 is 1.89 bits per heavy atom. The molecule has 18 heavy (non-hydrogen) atoms. The number of hydrogen-bond donors (Lipinski definition) is 0. The van der Waals surface area contributed by atoms with Crippen molar-refractivity contribution in [2.24, 2.45) is 0 Å². The second-order valence-corrected chi connectivity index (χ2v) is 5.97. The Hall–Kier alpha value is -0.995. The van der Waals surface area contributed by atoms with Crippen molar-refractivity contribution in [3.8, 4) is 5.75 Å². The summed E-state index contributed by atoms with van der Waals surface area (Å²) in [6.07, 6.45) is 0.856. The van der Waals surface area contributed by atoms with E-state index in [0.717, 1.165) is 17.4 Å². The smallest absolute Gasteiger partial charge is 0.493 e. The Balaban J connectivity index is 1.95. The molecule has 2 aliphatic heterocycles. The molecule has 0 aliphatic carbocycles. The first-order valence-electron chi connectivity index (χ1n) is 6.92. The Kier molecular flexibility index (Phi) is 2.27. The van der Waals surface area contributed by atoms with Crippen LogP contribution >= 0.6 is 0 Å². The van der Waals surface area contributed by atoms with E-state index in [4.69, 9.17) is 15.4 Å². The van der Waals surface area contributed by atoms with Gasteiger partial charge in [-0.25, -0.2) is 0 Å². The summed E-state index contributed by atoms with van der Waals surface area (Å²) in [6.45, 7) is 8.79. The molecular weight excluding hydrogens is 227 g/mol. The molecule has 0 atom stereocenters. The Morgan fingerprint density at radius 3 is 2.56 bits per heavy atom. The summed E-state index contributed by atoms with van der Waals surface area (Å²) in [6, 6.07) is 4.24. The highest BCUT2D eigenvalue weighted by Crippen LogP contribution is 2.36. The highest BCUT2D eigenvalue weighted by atomic mass is 16.7. The van der Waals surface area contributed by atoms with Gasteiger partial charge in [0.05, 0.1) is 19.2 Å². The van der Waals surface area contributed by atoms with Crippen LogP contribution in [0.5, 0.6) is 5.75 Å². The van der Waals surface area contributed by atoms with Crippen molar-refractivity contribution in [2.75, 3.05) is 6.61 Å². The van der Waals surface area contributed by atoms with Crippen LogP contribution in [0, 0.1) is 0 Å². The Bertz CT molecular complexity index is 512. The molecule has 4 heteroatoms. The summed E-state index contributed by atoms with van der Waals surface area (Å²) >= 11 is 0. The maximum atomic E-state index is 8.02. The summed E-state index contributed by atoms with van der Waals surface area (Å²) in [5.74, 6) is 0.709. The molecule has 1 saturated heterocycles. The van der Waals surface area contributed by atoms with Crippen LogP contribution < -0.4 is 10.2 Å². The average molecular weight is 247 g/mol. The van der Waals surface area contributed by atoms with Crippen LogP contribution in [-0.4, -0.2) is 24.9 Å². The van der Waals surface area contributed by atoms with E-state index in [0.29, 0.717) is 18.4 Å². The number of benzene rings is 1. The van der Waals surface area contributed by atoms with Crippen LogP contribution in [0.2, 0.25) is 0 Å². The van der Waals surface area contributed by atoms with Gasteiger partial charge in [-0.15, -0.1) is 0 Å². The van der Waals surface area contributed by atoms with Gasteiger partial charge in [0.15, 0.2) is 0 Å². The molecule has 1 fully saturated rings. The van der Waals surface area contributed by atoms with Crippen molar-refractivity contribution in [3.63, 3.8) is 0 Å². The lowest BCUT2D eigenvalue weighted by Gasteiger charge is -2.32. The van der Waals surface area contributed by atoms with Gasteiger partial charge in [0.2, 0.25) is 0 Å². The highest BCUT2D eigenvalue weighted by Gasteiger charge is 2.51. The largest absolute Gasteiger partial charge is 0.494 e. The zero-order chi connectivity index (χ0) is 13.8. The Labute approximate surface area is 110 Å². The van der Waals surface area contributed by atoms with E-state index < -0.39 is 7.12 Å². The van der Waals surface area contributed by atoms with E-state index in [2.05, 4.69) is 0 Å². The molecule has 2 heterocycles. The molecule has 0 aromatic heterocycles. The van der Waals surface area contributed by atoms with E-state index >= 15 is 0 Å². The van der Waals surface area contributed by atoms with Gasteiger partial charge in [0.25, 0.3) is 0 Å². The zero-order valence-corrected chi connectivity index (χ0v) is 11.4. The van der Waals surface area contributed by atoms with Crippen molar-refractivity contribution in [1.82, 2.24) is 0 Å². The minimum absolute atomic E-state index is 0.352. The van der Waals surface area contributed by atoms with Gasteiger partial charge in [-0.1, -0.05) is 12.1 Å². The maximum absolute atomic E-state index is 8.02. The van der Waals surface area contributed by atoms with Crippen LogP contribution in [-0.2, 0) is 15.7 Å². The van der Waals surface area contributed by atoms with E-state index in [-0.39, 0.29) is 11.2 Å². The normalized spacial score (nSPS) is 24.7. The van der Waals surface area contributed by atoms with Crippen LogP contribution in [0.3, 0.4) is 0 Å². The first kappa shape index (κ1) is 10.9. The number of fused-ring (bicyclic) bond motifs is 1. The van der Waals surface area contributed by atoms with Crippen LogP contribution in [0.15, 0.2) is 18.2 Å². The SMILES string of the molecule is [2H]c1cc(B2OC(C)(C)C(C)(C)O2)cc2c1OCC2. The first-order valence-corrected chi connectivity index (χ1v) is 6.42. The summed E-state index contributed by atoms with van der Waals surface area (Å²) in [4.78, 5) is 0. The molecular formula is C14H19BO3. The van der Waals surface area contributed by atoms with Crippen LogP contribution in [0.4, 0.5) is 0 Å². The Morgan fingerprint density at radius 1 is 1.22 bits per heavy atom. The van der Waals surface area contributed by atoms with Gasteiger partial charge >= 0.3 is 7.12 Å². The minimum atomic E-state index is -0.403. The summed E-state index contributed by atoms with van der Waals surface area (Å²) in [5, 5.41) is 0. The van der Waals surface area contributed by atoms with E-state index in [1.807, 2.05) is 33.8 Å². The first-order chi connectivity index (χ1) is 8.80. The lowest BCUT2D eigenvalue weighted by Crippen LogP contribution is -2.41. The molecule has 0 spiro atoms. The number of ether oxygens (including phenoxy) is 1. The molecule has 1 aromatic carbocycles. The summed E-state index contributed by atoms with van der Waals surface area (Å²) < 4.78 is 25.5. The third-order valence-corrected chi connectivity index (χ3v) is 4.15. The van der Waals surface area contributed by atoms with E-state index in [1.54, 1.807) is 6.07 Å². The van der Waals surface area contributed by atoms with Gasteiger partial charge in [-0.3, -0.25) is 0 Å². The molecule has 96 valence electrons. The molecule has 0 bridgehead atoms. The van der Waals surface area contributed by atoms with E-state index in [9.17, 15) is 0 Å². The third kappa shape index (κ3) is 1.75. The summed E-state index contributed by atoms with van der Waals surface area (Å²) in [5.41, 5.74) is 1.29. The second-order valence-electron chi connectivity index (χ2n) is 5.97. The second kappa shape index (κ2) is 3.75. The molecule has 3 rings (SSSR count). The zero-order valence-electron chi connectivity index (χ0n) is 12.4. The topological polar surface area (TPSA) is 27.7 Å². The van der Waals surface area contributed by atoms with E-state index in [1.165, 1.54) is 0 Å². The average Bonchev–Trinajstić information content (AvgIpc) is 2.82. The predicted octanol–water partition coefficient (Wildman–Crippen LogP) is 1.92. The lowest BCUT2D eigenvalue weighted by molar-refractivity contribution is 0.00578. The van der Waals surface area contributed by atoms with Crippen molar-refractivity contribution < 1.29 is 15.4 Å². The standard InChI is InChI=1S/C14H19BO3/c1-13(2)14(3,4)18-15(17-13)11-5-6-12-10(9-11)7-8-16-12/h5-6,9H,7-8H2,1-4H3/i6D. The highest BCUT2D eigenvalue weighted by molar-refractivity contribution is 6.62. The molecule has 1 aromatic rings. The molecule has 0 amide bonds. The van der Waals surface area contributed by atoms with Gasteiger partial charge in [0.1, 0.15) is 5.75 Å². The lowest BCUT2D eigenvalue weighted by atomic mass is 9.78. The van der Waals surface area contributed by atoms with Crippen molar-refractivity contribution in [1.29, 1.82) is 0 Å². The van der Waals surface area contributed by atoms with Crippen LogP contribution in [0.1, 0.15) is 34.6 Å². The van der Waals surface area contributed by atoms with Crippen molar-refractivity contribution in [2.45, 2.75) is 45.3 Å². The van der Waals surface area contributed by atoms with Gasteiger partial charge < -0.3 is 14.0 Å². The maximum Gasteiger partial charge on any atom is 0.494 e. The molecule has 3 nitrogen and oxygen atoms in total. The molecule has 0 radical (unpaired) electrons. The number of rotatable bonds is 1. The fourth-order valence-corrected chi connectivity index (χ4v) is 2.25. The van der Waals surface area contributed by atoms with Crippen molar-refractivity contribution >= 4 is 12.6 Å². The van der Waals surface area contributed by atoms with Crippen LogP contribution in [0.25, 0.3) is 0 Å². The number of hydrogen-bond acceptors (Lipinski definition) is 3. The molecule has 0 N–H and O–H groups in total. The van der Waals surface area contributed by atoms with Gasteiger partial charge in [-0.2, -0.15) is 0 Å². The molecule has 0 unspecified atom stereocenters. The third-order valence-electron chi connectivity index (χ3n) is 4.15. The van der Waals surface area contributed by atoms with Gasteiger partial charge in [0, 0.05) is 6.42 Å². The monoisotopic (exact) mass is 247 g/mol.